The van der Waals surface area contributed by atoms with E-state index in [1.807, 2.05) is 0 Å². The maximum atomic E-state index is 5.12. The topological polar surface area (TPSA) is 21.3 Å². The molecule has 0 fully saturated rings. The number of ether oxygens (including phenoxy) is 1. The van der Waals surface area contributed by atoms with Crippen LogP contribution in [0, 0.1) is 5.41 Å². The largest absolute Gasteiger partial charge is 0.385 e. The van der Waals surface area contributed by atoms with Gasteiger partial charge in [-0.15, -0.1) is 0 Å². The van der Waals surface area contributed by atoms with Crippen LogP contribution in [0.15, 0.2) is 0 Å². The van der Waals surface area contributed by atoms with Gasteiger partial charge in [0, 0.05) is 20.3 Å². The summed E-state index contributed by atoms with van der Waals surface area (Å²) >= 11 is 0. The lowest BCUT2D eigenvalue weighted by molar-refractivity contribution is 0.151. The Kier molecular flexibility index (Phi) is 10.0. The zero-order valence-electron chi connectivity index (χ0n) is 11.8. The molecule has 16 heavy (non-hydrogen) atoms. The average Bonchev–Trinajstić information content (AvgIpc) is 2.25. The molecule has 0 bridgehead atoms. The smallest absolute Gasteiger partial charge is 0.0467 e. The fraction of sp³-hybridized carbons (Fsp3) is 1.00. The highest BCUT2D eigenvalue weighted by Gasteiger charge is 2.16. The summed E-state index contributed by atoms with van der Waals surface area (Å²) in [5, 5.41) is 3.56. The van der Waals surface area contributed by atoms with Gasteiger partial charge < -0.3 is 10.1 Å². The molecular weight excluding hydrogens is 198 g/mol. The third-order valence-electron chi connectivity index (χ3n) is 3.04. The number of hydrogen-bond donors (Lipinski definition) is 1. The molecular formula is C14H31NO. The predicted molar refractivity (Wildman–Crippen MR) is 71.9 cm³/mol. The first-order chi connectivity index (χ1) is 7.62. The van der Waals surface area contributed by atoms with Crippen molar-refractivity contribution < 1.29 is 4.74 Å². The van der Waals surface area contributed by atoms with Gasteiger partial charge in [-0.1, -0.05) is 46.5 Å². The van der Waals surface area contributed by atoms with E-state index in [-0.39, 0.29) is 0 Å². The van der Waals surface area contributed by atoms with Gasteiger partial charge in [0.1, 0.15) is 0 Å². The fourth-order valence-electron chi connectivity index (χ4n) is 1.75. The first-order valence-electron chi connectivity index (χ1n) is 6.82. The highest BCUT2D eigenvalue weighted by atomic mass is 16.5. The number of rotatable bonds is 11. The Balaban J connectivity index is 3.29. The van der Waals surface area contributed by atoms with Crippen LogP contribution in [0.1, 0.15) is 59.3 Å². The second kappa shape index (κ2) is 10.1. The monoisotopic (exact) mass is 229 g/mol. The molecule has 0 aromatic rings. The Bertz CT molecular complexity index is 146. The summed E-state index contributed by atoms with van der Waals surface area (Å²) in [6.45, 7) is 10.00. The summed E-state index contributed by atoms with van der Waals surface area (Å²) in [6.07, 6.45) is 7.94. The molecule has 0 radical (unpaired) electrons. The molecule has 0 aliphatic carbocycles. The Hall–Kier alpha value is -0.0800. The summed E-state index contributed by atoms with van der Waals surface area (Å²) in [6, 6.07) is 0. The van der Waals surface area contributed by atoms with Crippen molar-refractivity contribution in [3.8, 4) is 0 Å². The first kappa shape index (κ1) is 15.9. The summed E-state index contributed by atoms with van der Waals surface area (Å²) in [5.74, 6) is 0. The molecule has 0 aromatic heterocycles. The minimum atomic E-state index is 0.361. The van der Waals surface area contributed by atoms with Crippen LogP contribution in [0.5, 0.6) is 0 Å². The van der Waals surface area contributed by atoms with E-state index in [4.69, 9.17) is 4.74 Å². The van der Waals surface area contributed by atoms with Crippen molar-refractivity contribution in [2.24, 2.45) is 5.41 Å². The third kappa shape index (κ3) is 10.4. The number of unbranched alkanes of at least 4 members (excludes halogenated alkanes) is 4. The van der Waals surface area contributed by atoms with Gasteiger partial charge in [0.2, 0.25) is 0 Å². The minimum absolute atomic E-state index is 0.361. The molecule has 0 unspecified atom stereocenters. The Labute approximate surface area is 102 Å². The summed E-state index contributed by atoms with van der Waals surface area (Å²) < 4.78 is 5.12. The molecule has 2 nitrogen and oxygen atoms in total. The minimum Gasteiger partial charge on any atom is -0.385 e. The van der Waals surface area contributed by atoms with Crippen LogP contribution in [-0.4, -0.2) is 26.8 Å². The lowest BCUT2D eigenvalue weighted by atomic mass is 9.90. The normalized spacial score (nSPS) is 12.0. The van der Waals surface area contributed by atoms with Crippen molar-refractivity contribution in [3.05, 3.63) is 0 Å². The SMILES string of the molecule is CCCCCCCNCC(C)(C)CCOC. The molecule has 0 rings (SSSR count). The van der Waals surface area contributed by atoms with E-state index in [2.05, 4.69) is 26.1 Å². The van der Waals surface area contributed by atoms with Crippen LogP contribution in [0.25, 0.3) is 0 Å². The second-order valence-corrected chi connectivity index (χ2v) is 5.50. The van der Waals surface area contributed by atoms with E-state index >= 15 is 0 Å². The first-order valence-corrected chi connectivity index (χ1v) is 6.82. The average molecular weight is 229 g/mol. The molecule has 1 N–H and O–H groups in total. The molecule has 0 aliphatic rings. The van der Waals surface area contributed by atoms with Crippen LogP contribution < -0.4 is 5.32 Å². The van der Waals surface area contributed by atoms with Gasteiger partial charge in [0.15, 0.2) is 0 Å². The number of methoxy groups -OCH3 is 1. The van der Waals surface area contributed by atoms with Gasteiger partial charge in [-0.25, -0.2) is 0 Å². The highest BCUT2D eigenvalue weighted by Crippen LogP contribution is 2.18. The lowest BCUT2D eigenvalue weighted by Gasteiger charge is -2.24. The molecule has 0 saturated carbocycles. The third-order valence-corrected chi connectivity index (χ3v) is 3.04. The Morgan fingerprint density at radius 2 is 1.75 bits per heavy atom. The lowest BCUT2D eigenvalue weighted by Crippen LogP contribution is -2.31. The second-order valence-electron chi connectivity index (χ2n) is 5.50. The van der Waals surface area contributed by atoms with Crippen molar-refractivity contribution in [3.63, 3.8) is 0 Å². The van der Waals surface area contributed by atoms with Crippen LogP contribution in [0.2, 0.25) is 0 Å². The molecule has 0 atom stereocenters. The van der Waals surface area contributed by atoms with Crippen molar-refractivity contribution in [1.82, 2.24) is 5.32 Å². The Morgan fingerprint density at radius 3 is 2.38 bits per heavy atom. The van der Waals surface area contributed by atoms with Crippen molar-refractivity contribution >= 4 is 0 Å². The molecule has 0 aromatic carbocycles. The number of hydrogen-bond acceptors (Lipinski definition) is 2. The molecule has 98 valence electrons. The zero-order chi connectivity index (χ0) is 12.3. The predicted octanol–water partition coefficient (Wildman–Crippen LogP) is 3.61. The van der Waals surface area contributed by atoms with Gasteiger partial charge in [0.25, 0.3) is 0 Å². The summed E-state index contributed by atoms with van der Waals surface area (Å²) in [4.78, 5) is 0. The fourth-order valence-corrected chi connectivity index (χ4v) is 1.75. The van der Waals surface area contributed by atoms with Gasteiger partial charge >= 0.3 is 0 Å². The summed E-state index contributed by atoms with van der Waals surface area (Å²) in [7, 11) is 1.78. The zero-order valence-corrected chi connectivity index (χ0v) is 11.8. The van der Waals surface area contributed by atoms with E-state index in [0.29, 0.717) is 5.41 Å². The van der Waals surface area contributed by atoms with E-state index < -0.39 is 0 Å². The van der Waals surface area contributed by atoms with Gasteiger partial charge in [-0.3, -0.25) is 0 Å². The Morgan fingerprint density at radius 1 is 1.06 bits per heavy atom. The maximum absolute atomic E-state index is 5.12. The van der Waals surface area contributed by atoms with Gasteiger partial charge in [0.05, 0.1) is 0 Å². The van der Waals surface area contributed by atoms with Gasteiger partial charge in [-0.05, 0) is 24.8 Å². The van der Waals surface area contributed by atoms with E-state index in [1.54, 1.807) is 7.11 Å². The van der Waals surface area contributed by atoms with Crippen LogP contribution in [0.4, 0.5) is 0 Å². The molecule has 0 saturated heterocycles. The van der Waals surface area contributed by atoms with Crippen molar-refractivity contribution in [2.45, 2.75) is 59.3 Å². The van der Waals surface area contributed by atoms with E-state index in [0.717, 1.165) is 19.6 Å². The highest BCUT2D eigenvalue weighted by molar-refractivity contribution is 4.71. The summed E-state index contributed by atoms with van der Waals surface area (Å²) in [5.41, 5.74) is 0.361. The molecule has 0 aliphatic heterocycles. The molecule has 2 heteroatoms. The molecule has 0 heterocycles. The van der Waals surface area contributed by atoms with Crippen LogP contribution in [0.3, 0.4) is 0 Å². The van der Waals surface area contributed by atoms with Crippen molar-refractivity contribution in [1.29, 1.82) is 0 Å². The molecule has 0 spiro atoms. The van der Waals surface area contributed by atoms with Crippen molar-refractivity contribution in [2.75, 3.05) is 26.8 Å². The van der Waals surface area contributed by atoms with E-state index in [1.165, 1.54) is 38.6 Å². The quantitative estimate of drug-likeness (QED) is 0.546. The van der Waals surface area contributed by atoms with E-state index in [9.17, 15) is 0 Å². The number of nitrogens with one attached hydrogen (secondary N) is 1. The standard InChI is InChI=1S/C14H31NO/c1-5-6-7-8-9-11-15-13-14(2,3)10-12-16-4/h15H,5-13H2,1-4H3. The van der Waals surface area contributed by atoms with Gasteiger partial charge in [-0.2, -0.15) is 0 Å². The van der Waals surface area contributed by atoms with Crippen LogP contribution in [-0.2, 0) is 4.74 Å². The van der Waals surface area contributed by atoms with Crippen LogP contribution >= 0.6 is 0 Å². The molecule has 0 amide bonds. The maximum Gasteiger partial charge on any atom is 0.0467 e.